The van der Waals surface area contributed by atoms with Crippen LogP contribution in [0.5, 0.6) is 17.2 Å². The minimum Gasteiger partial charge on any atom is -0.497 e. The van der Waals surface area contributed by atoms with Crippen molar-refractivity contribution < 1.29 is 38.1 Å². The molecule has 0 saturated heterocycles. The van der Waals surface area contributed by atoms with E-state index in [0.717, 1.165) is 0 Å². The Labute approximate surface area is 231 Å². The molecule has 1 N–H and O–H groups in total. The van der Waals surface area contributed by atoms with Gasteiger partial charge in [0.2, 0.25) is 5.91 Å². The number of nitrogens with one attached hydrogen (secondary N) is 1. The molecule has 1 amide bonds. The van der Waals surface area contributed by atoms with E-state index < -0.39 is 41.4 Å². The summed E-state index contributed by atoms with van der Waals surface area (Å²) in [5.41, 5.74) is 0.403. The lowest BCUT2D eigenvalue weighted by molar-refractivity contribution is -0.167. The molecular formula is C30H41NO8. The van der Waals surface area contributed by atoms with Crippen LogP contribution in [0.15, 0.2) is 36.4 Å². The second-order valence-electron chi connectivity index (χ2n) is 10.7. The summed E-state index contributed by atoms with van der Waals surface area (Å²) in [6.45, 7) is 12.1. The summed E-state index contributed by atoms with van der Waals surface area (Å²) in [4.78, 5) is 40.5. The summed E-state index contributed by atoms with van der Waals surface area (Å²) in [5, 5.41) is 2.96. The third kappa shape index (κ3) is 7.88. The number of esters is 2. The smallest absolute Gasteiger partial charge is 0.321 e. The standard InChI is InChI=1S/C30H41NO8/c1-17(2)38-27(32)25(28(33)39-18(3)4)23(19-12-11-13-20(16-19)35-8)24-21(36-9)14-15-22(37-10)26(24)31-29(34)30(5,6)7/h11-18,23,25H,1-10H3,(H,31,34). The van der Waals surface area contributed by atoms with Crippen molar-refractivity contribution in [2.45, 2.75) is 66.6 Å². The van der Waals surface area contributed by atoms with Gasteiger partial charge in [0.25, 0.3) is 0 Å². The van der Waals surface area contributed by atoms with Crippen LogP contribution in [0, 0.1) is 11.3 Å². The van der Waals surface area contributed by atoms with Crippen molar-refractivity contribution >= 4 is 23.5 Å². The Hall–Kier alpha value is -3.75. The zero-order valence-electron chi connectivity index (χ0n) is 24.5. The largest absolute Gasteiger partial charge is 0.497 e. The summed E-state index contributed by atoms with van der Waals surface area (Å²) in [6, 6.07) is 10.3. The maximum absolute atomic E-state index is 13.7. The van der Waals surface area contributed by atoms with Crippen LogP contribution in [-0.4, -0.2) is 51.4 Å². The van der Waals surface area contributed by atoms with E-state index in [1.165, 1.54) is 21.3 Å². The summed E-state index contributed by atoms with van der Waals surface area (Å²) in [7, 11) is 4.46. The highest BCUT2D eigenvalue weighted by Gasteiger charge is 2.44. The number of ether oxygens (including phenoxy) is 5. The fraction of sp³-hybridized carbons (Fsp3) is 0.500. The van der Waals surface area contributed by atoms with Crippen LogP contribution < -0.4 is 19.5 Å². The van der Waals surface area contributed by atoms with E-state index in [0.29, 0.717) is 28.4 Å². The van der Waals surface area contributed by atoms with Crippen LogP contribution >= 0.6 is 0 Å². The Morgan fingerprint density at radius 1 is 0.769 bits per heavy atom. The number of methoxy groups -OCH3 is 3. The lowest BCUT2D eigenvalue weighted by Crippen LogP contribution is -2.37. The Morgan fingerprint density at radius 3 is 1.77 bits per heavy atom. The summed E-state index contributed by atoms with van der Waals surface area (Å²) < 4.78 is 28.0. The Morgan fingerprint density at radius 2 is 1.31 bits per heavy atom. The van der Waals surface area contributed by atoms with E-state index >= 15 is 0 Å². The molecular weight excluding hydrogens is 502 g/mol. The van der Waals surface area contributed by atoms with E-state index in [4.69, 9.17) is 23.7 Å². The van der Waals surface area contributed by atoms with Crippen molar-refractivity contribution in [3.63, 3.8) is 0 Å². The third-order valence-electron chi connectivity index (χ3n) is 5.84. The molecule has 0 heterocycles. The van der Waals surface area contributed by atoms with E-state index in [2.05, 4.69) is 5.32 Å². The van der Waals surface area contributed by atoms with Crippen molar-refractivity contribution in [3.05, 3.63) is 47.5 Å². The van der Waals surface area contributed by atoms with Gasteiger partial charge in [0.05, 0.1) is 39.2 Å². The number of amides is 1. The van der Waals surface area contributed by atoms with Gasteiger partial charge in [-0.1, -0.05) is 32.9 Å². The maximum Gasteiger partial charge on any atom is 0.321 e. The van der Waals surface area contributed by atoms with Gasteiger partial charge in [0.1, 0.15) is 17.2 Å². The number of carbonyl (C=O) groups excluding carboxylic acids is 3. The Kier molecular flexibility index (Phi) is 10.8. The van der Waals surface area contributed by atoms with Gasteiger partial charge >= 0.3 is 11.9 Å². The number of hydrogen-bond acceptors (Lipinski definition) is 8. The Bertz CT molecular complexity index is 1140. The summed E-state index contributed by atoms with van der Waals surface area (Å²) in [6.07, 6.45) is -0.991. The monoisotopic (exact) mass is 543 g/mol. The van der Waals surface area contributed by atoms with E-state index in [9.17, 15) is 14.4 Å². The predicted octanol–water partition coefficient (Wildman–Crippen LogP) is 5.35. The van der Waals surface area contributed by atoms with Crippen LogP contribution in [0.1, 0.15) is 65.5 Å². The molecule has 2 aromatic carbocycles. The van der Waals surface area contributed by atoms with Crippen molar-refractivity contribution in [2.75, 3.05) is 26.6 Å². The summed E-state index contributed by atoms with van der Waals surface area (Å²) >= 11 is 0. The first-order valence-corrected chi connectivity index (χ1v) is 12.9. The fourth-order valence-electron chi connectivity index (χ4n) is 4.01. The molecule has 2 rings (SSSR count). The molecule has 0 spiro atoms. The molecule has 39 heavy (non-hydrogen) atoms. The van der Waals surface area contributed by atoms with Crippen molar-refractivity contribution in [2.24, 2.45) is 11.3 Å². The predicted molar refractivity (Wildman–Crippen MR) is 148 cm³/mol. The van der Waals surface area contributed by atoms with E-state index in [1.807, 2.05) is 0 Å². The van der Waals surface area contributed by atoms with Gasteiger partial charge in [0.15, 0.2) is 5.92 Å². The van der Waals surface area contributed by atoms with Gasteiger partial charge in [-0.25, -0.2) is 0 Å². The first-order valence-electron chi connectivity index (χ1n) is 12.9. The zero-order chi connectivity index (χ0) is 29.5. The van der Waals surface area contributed by atoms with Gasteiger partial charge in [-0.15, -0.1) is 0 Å². The highest BCUT2D eigenvalue weighted by atomic mass is 16.6. The van der Waals surface area contributed by atoms with Gasteiger partial charge in [-0.3, -0.25) is 14.4 Å². The van der Waals surface area contributed by atoms with Crippen LogP contribution in [0.4, 0.5) is 5.69 Å². The molecule has 0 fully saturated rings. The van der Waals surface area contributed by atoms with Crippen molar-refractivity contribution in [1.82, 2.24) is 0 Å². The van der Waals surface area contributed by atoms with Gasteiger partial charge in [-0.05, 0) is 57.5 Å². The van der Waals surface area contributed by atoms with Crippen LogP contribution in [-0.2, 0) is 23.9 Å². The number of rotatable bonds is 11. The number of benzene rings is 2. The number of carbonyl (C=O) groups is 3. The molecule has 1 unspecified atom stereocenters. The maximum atomic E-state index is 13.7. The quantitative estimate of drug-likeness (QED) is 0.298. The van der Waals surface area contributed by atoms with Crippen molar-refractivity contribution in [3.8, 4) is 17.2 Å². The first kappa shape index (κ1) is 31.5. The second-order valence-corrected chi connectivity index (χ2v) is 10.7. The topological polar surface area (TPSA) is 109 Å². The number of hydrogen-bond donors (Lipinski definition) is 1. The first-order chi connectivity index (χ1) is 18.2. The second kappa shape index (κ2) is 13.4. The van der Waals surface area contributed by atoms with Gasteiger partial charge < -0.3 is 29.0 Å². The lowest BCUT2D eigenvalue weighted by Gasteiger charge is -2.31. The molecule has 9 nitrogen and oxygen atoms in total. The normalized spacial score (nSPS) is 12.2. The average molecular weight is 544 g/mol. The molecule has 0 saturated carbocycles. The lowest BCUT2D eigenvalue weighted by atomic mass is 9.78. The molecule has 9 heteroatoms. The van der Waals surface area contributed by atoms with E-state index in [1.54, 1.807) is 84.9 Å². The van der Waals surface area contributed by atoms with E-state index in [-0.39, 0.29) is 11.6 Å². The van der Waals surface area contributed by atoms with Crippen LogP contribution in [0.25, 0.3) is 0 Å². The Balaban J connectivity index is 3.02. The molecule has 0 aliphatic carbocycles. The molecule has 0 aliphatic heterocycles. The fourth-order valence-corrected chi connectivity index (χ4v) is 4.01. The summed E-state index contributed by atoms with van der Waals surface area (Å²) in [5.74, 6) is -3.16. The minimum atomic E-state index is -1.45. The average Bonchev–Trinajstić information content (AvgIpc) is 2.85. The van der Waals surface area contributed by atoms with Crippen LogP contribution in [0.3, 0.4) is 0 Å². The SMILES string of the molecule is COc1cccc(C(c2c(OC)ccc(OC)c2NC(=O)C(C)(C)C)C(C(=O)OC(C)C)C(=O)OC(C)C)c1. The molecule has 0 aliphatic rings. The van der Waals surface area contributed by atoms with Crippen LogP contribution in [0.2, 0.25) is 0 Å². The van der Waals surface area contributed by atoms with Crippen molar-refractivity contribution in [1.29, 1.82) is 0 Å². The zero-order valence-corrected chi connectivity index (χ0v) is 24.5. The molecule has 214 valence electrons. The molecule has 2 aromatic rings. The minimum absolute atomic E-state index is 0.268. The highest BCUT2D eigenvalue weighted by molar-refractivity contribution is 6.00. The third-order valence-corrected chi connectivity index (χ3v) is 5.84. The highest BCUT2D eigenvalue weighted by Crippen LogP contribution is 2.47. The molecule has 0 aromatic heterocycles. The molecule has 0 bridgehead atoms. The van der Waals surface area contributed by atoms with Gasteiger partial charge in [-0.2, -0.15) is 0 Å². The number of anilines is 1. The molecule has 1 atom stereocenters. The molecule has 0 radical (unpaired) electrons. The van der Waals surface area contributed by atoms with Gasteiger partial charge in [0, 0.05) is 16.9 Å².